The Morgan fingerprint density at radius 2 is 2.17 bits per heavy atom. The molecule has 18 heavy (non-hydrogen) atoms. The quantitative estimate of drug-likeness (QED) is 0.787. The summed E-state index contributed by atoms with van der Waals surface area (Å²) in [5.74, 6) is 0.588. The predicted octanol–water partition coefficient (Wildman–Crippen LogP) is 3.97. The molecule has 1 fully saturated rings. The van der Waals surface area contributed by atoms with E-state index in [2.05, 4.69) is 22.9 Å². The van der Waals surface area contributed by atoms with Crippen molar-refractivity contribution < 1.29 is 8.42 Å². The zero-order valence-corrected chi connectivity index (χ0v) is 14.2. The molecule has 1 aromatic heterocycles. The lowest BCUT2D eigenvalue weighted by atomic mass is 9.95. The Morgan fingerprint density at radius 3 is 2.67 bits per heavy atom. The monoisotopic (exact) mass is 371 g/mol. The second kappa shape index (κ2) is 5.40. The number of thiophene rings is 1. The third kappa shape index (κ3) is 2.77. The maximum atomic E-state index is 12.5. The summed E-state index contributed by atoms with van der Waals surface area (Å²) in [6.45, 7) is 4.73. The van der Waals surface area contributed by atoms with Crippen LogP contribution in [0.4, 0.5) is 0 Å². The average Bonchev–Trinajstić information content (AvgIpc) is 2.59. The van der Waals surface area contributed by atoms with E-state index in [9.17, 15) is 8.42 Å². The van der Waals surface area contributed by atoms with Crippen molar-refractivity contribution in [3.05, 3.63) is 14.9 Å². The third-order valence-electron chi connectivity index (χ3n) is 3.26. The van der Waals surface area contributed by atoms with Gasteiger partial charge in [-0.15, -0.1) is 11.3 Å². The molecule has 2 unspecified atom stereocenters. The Morgan fingerprint density at radius 1 is 1.50 bits per heavy atom. The topological polar surface area (TPSA) is 37.4 Å². The Kier molecular flexibility index (Phi) is 4.44. The first kappa shape index (κ1) is 14.8. The van der Waals surface area contributed by atoms with Gasteiger partial charge in [0, 0.05) is 12.6 Å². The van der Waals surface area contributed by atoms with Crippen LogP contribution in [0.1, 0.15) is 26.7 Å². The van der Waals surface area contributed by atoms with Gasteiger partial charge < -0.3 is 0 Å². The molecule has 2 atom stereocenters. The zero-order chi connectivity index (χ0) is 13.5. The van der Waals surface area contributed by atoms with Crippen LogP contribution < -0.4 is 0 Å². The zero-order valence-electron chi connectivity index (χ0n) is 10.2. The first-order chi connectivity index (χ1) is 8.32. The number of sulfonamides is 1. The van der Waals surface area contributed by atoms with Crippen molar-refractivity contribution in [2.45, 2.75) is 36.9 Å². The Balaban J connectivity index is 2.31. The van der Waals surface area contributed by atoms with Gasteiger partial charge in [-0.2, -0.15) is 4.31 Å². The van der Waals surface area contributed by atoms with Gasteiger partial charge in [-0.3, -0.25) is 0 Å². The van der Waals surface area contributed by atoms with Gasteiger partial charge >= 0.3 is 0 Å². The maximum absolute atomic E-state index is 12.5. The minimum absolute atomic E-state index is 0.0541. The molecule has 0 bridgehead atoms. The van der Waals surface area contributed by atoms with Crippen molar-refractivity contribution in [3.8, 4) is 0 Å². The molecule has 1 saturated heterocycles. The smallest absolute Gasteiger partial charge is 0.206 e. The van der Waals surface area contributed by atoms with Gasteiger partial charge in [0.05, 0.1) is 8.81 Å². The normalized spacial score (nSPS) is 26.4. The molecular weight excluding hydrogens is 358 g/mol. The molecule has 0 spiro atoms. The minimum Gasteiger partial charge on any atom is -0.206 e. The highest BCUT2D eigenvalue weighted by molar-refractivity contribution is 9.11. The van der Waals surface area contributed by atoms with Crippen molar-refractivity contribution in [1.29, 1.82) is 0 Å². The number of piperidine rings is 1. The second-order valence-corrected chi connectivity index (χ2v) is 9.68. The van der Waals surface area contributed by atoms with E-state index in [1.54, 1.807) is 4.31 Å². The molecule has 1 aromatic rings. The number of nitrogens with zero attached hydrogens (tertiary/aromatic N) is 1. The fraction of sp³-hybridized carbons (Fsp3) is 0.636. The van der Waals surface area contributed by atoms with E-state index in [1.165, 1.54) is 17.4 Å². The highest BCUT2D eigenvalue weighted by Crippen LogP contribution is 2.37. The van der Waals surface area contributed by atoms with Crippen LogP contribution in [0.15, 0.2) is 14.1 Å². The lowest BCUT2D eigenvalue weighted by molar-refractivity contribution is 0.220. The van der Waals surface area contributed by atoms with E-state index < -0.39 is 10.0 Å². The minimum atomic E-state index is -3.40. The molecule has 7 heteroatoms. The van der Waals surface area contributed by atoms with Crippen LogP contribution in [-0.4, -0.2) is 25.3 Å². The van der Waals surface area contributed by atoms with Crippen LogP contribution in [0.2, 0.25) is 5.02 Å². The molecule has 0 aromatic carbocycles. The van der Waals surface area contributed by atoms with Crippen LogP contribution in [0.5, 0.6) is 0 Å². The van der Waals surface area contributed by atoms with Gasteiger partial charge in [-0.1, -0.05) is 18.5 Å². The van der Waals surface area contributed by atoms with E-state index >= 15 is 0 Å². The van der Waals surface area contributed by atoms with E-state index in [0.717, 1.165) is 12.8 Å². The third-order valence-corrected chi connectivity index (χ3v) is 8.20. The van der Waals surface area contributed by atoms with E-state index in [4.69, 9.17) is 11.6 Å². The summed E-state index contributed by atoms with van der Waals surface area (Å²) in [6, 6.07) is 1.58. The Bertz CT molecular complexity index is 524. The summed E-state index contributed by atoms with van der Waals surface area (Å²) in [5.41, 5.74) is 0. The highest BCUT2D eigenvalue weighted by atomic mass is 79.9. The van der Waals surface area contributed by atoms with Gasteiger partial charge in [-0.25, -0.2) is 8.42 Å². The molecule has 1 aliphatic rings. The number of halogens is 2. The molecule has 2 heterocycles. The van der Waals surface area contributed by atoms with Crippen LogP contribution in [0, 0.1) is 5.92 Å². The van der Waals surface area contributed by atoms with Crippen LogP contribution in [0.25, 0.3) is 0 Å². The van der Waals surface area contributed by atoms with Gasteiger partial charge in [-0.05, 0) is 47.7 Å². The van der Waals surface area contributed by atoms with Gasteiger partial charge in [0.25, 0.3) is 10.0 Å². The SMILES string of the molecule is CC1CCN(S(=O)(=O)c2cc(Cl)c(Br)s2)C(C)C1. The van der Waals surface area contributed by atoms with Crippen molar-refractivity contribution >= 4 is 48.9 Å². The fourth-order valence-corrected chi connectivity index (χ4v) is 6.50. The van der Waals surface area contributed by atoms with Crippen molar-refractivity contribution in [3.63, 3.8) is 0 Å². The number of hydrogen-bond acceptors (Lipinski definition) is 3. The van der Waals surface area contributed by atoms with E-state index in [-0.39, 0.29) is 6.04 Å². The molecular formula is C11H15BrClNO2S2. The highest BCUT2D eigenvalue weighted by Gasteiger charge is 2.34. The standard InChI is InChI=1S/C11H15BrClNO2S2/c1-7-3-4-14(8(2)5-7)18(15,16)10-6-9(13)11(12)17-10/h6-8H,3-5H2,1-2H3. The summed E-state index contributed by atoms with van der Waals surface area (Å²) in [7, 11) is -3.40. The molecule has 3 nitrogen and oxygen atoms in total. The lowest BCUT2D eigenvalue weighted by Crippen LogP contribution is -2.43. The van der Waals surface area contributed by atoms with Crippen molar-refractivity contribution in [2.24, 2.45) is 5.92 Å². The largest absolute Gasteiger partial charge is 0.252 e. The number of rotatable bonds is 2. The summed E-state index contributed by atoms with van der Waals surface area (Å²) < 4.78 is 27.6. The molecule has 102 valence electrons. The summed E-state index contributed by atoms with van der Waals surface area (Å²) in [5, 5.41) is 0.455. The molecule has 2 rings (SSSR count). The first-order valence-corrected chi connectivity index (χ1v) is 9.21. The summed E-state index contributed by atoms with van der Waals surface area (Å²) >= 11 is 10.3. The van der Waals surface area contributed by atoms with Crippen LogP contribution in [0.3, 0.4) is 0 Å². The number of hydrogen-bond donors (Lipinski definition) is 0. The molecule has 0 saturated carbocycles. The molecule has 0 aliphatic carbocycles. The van der Waals surface area contributed by atoms with E-state index in [1.807, 2.05) is 6.92 Å². The molecule has 1 aliphatic heterocycles. The van der Waals surface area contributed by atoms with Gasteiger partial charge in [0.2, 0.25) is 0 Å². The van der Waals surface area contributed by atoms with E-state index in [0.29, 0.717) is 25.5 Å². The van der Waals surface area contributed by atoms with Gasteiger partial charge in [0.15, 0.2) is 0 Å². The Labute approximate surface area is 125 Å². The maximum Gasteiger partial charge on any atom is 0.252 e. The first-order valence-electron chi connectivity index (χ1n) is 5.79. The summed E-state index contributed by atoms with van der Waals surface area (Å²) in [4.78, 5) is 0. The van der Waals surface area contributed by atoms with Crippen molar-refractivity contribution in [1.82, 2.24) is 4.31 Å². The predicted molar refractivity (Wildman–Crippen MR) is 78.8 cm³/mol. The van der Waals surface area contributed by atoms with Crippen LogP contribution >= 0.6 is 38.9 Å². The molecule has 0 radical (unpaired) electrons. The average molecular weight is 373 g/mol. The van der Waals surface area contributed by atoms with Gasteiger partial charge in [0.1, 0.15) is 4.21 Å². The summed E-state index contributed by atoms with van der Waals surface area (Å²) in [6.07, 6.45) is 1.84. The second-order valence-electron chi connectivity index (χ2n) is 4.78. The fourth-order valence-electron chi connectivity index (χ4n) is 2.31. The molecule has 0 N–H and O–H groups in total. The van der Waals surface area contributed by atoms with Crippen molar-refractivity contribution in [2.75, 3.05) is 6.54 Å². The Hall–Kier alpha value is 0.380. The van der Waals surface area contributed by atoms with Crippen LogP contribution in [-0.2, 0) is 10.0 Å². The molecule has 0 amide bonds. The lowest BCUT2D eigenvalue weighted by Gasteiger charge is -2.35.